The average molecular weight is 182 g/mol. The summed E-state index contributed by atoms with van der Waals surface area (Å²) in [5.74, 6) is -1.21. The first-order valence-electron chi connectivity index (χ1n) is 4.02. The molecule has 0 fully saturated rings. The van der Waals surface area contributed by atoms with E-state index in [9.17, 15) is 9.59 Å². The van der Waals surface area contributed by atoms with E-state index in [-0.39, 0.29) is 12.2 Å². The van der Waals surface area contributed by atoms with E-state index in [1.165, 1.54) is 12.3 Å². The molecule has 4 heteroatoms. The molecule has 0 aliphatic carbocycles. The lowest BCUT2D eigenvalue weighted by atomic mass is 10.3. The Morgan fingerprint density at radius 3 is 2.85 bits per heavy atom. The lowest BCUT2D eigenvalue weighted by Crippen LogP contribution is -2.11. The molecule has 0 unspecified atom stereocenters. The van der Waals surface area contributed by atoms with Gasteiger partial charge in [0, 0.05) is 6.42 Å². The second-order valence-corrected chi connectivity index (χ2v) is 2.49. The molecule has 0 radical (unpaired) electrons. The predicted octanol–water partition coefficient (Wildman–Crippen LogP) is 1.76. The van der Waals surface area contributed by atoms with Gasteiger partial charge in [0.1, 0.15) is 0 Å². The second kappa shape index (κ2) is 4.45. The third kappa shape index (κ3) is 2.74. The second-order valence-electron chi connectivity index (χ2n) is 2.49. The highest BCUT2D eigenvalue weighted by atomic mass is 16.6. The van der Waals surface area contributed by atoms with Crippen LogP contribution in [0.2, 0.25) is 0 Å². The number of ether oxygens (including phenoxy) is 1. The van der Waals surface area contributed by atoms with Crippen LogP contribution in [0.1, 0.15) is 30.3 Å². The van der Waals surface area contributed by atoms with Gasteiger partial charge in [-0.2, -0.15) is 0 Å². The molecule has 0 amide bonds. The number of hydrogen-bond donors (Lipinski definition) is 0. The Balaban J connectivity index is 2.47. The van der Waals surface area contributed by atoms with Gasteiger partial charge in [0.2, 0.25) is 5.76 Å². The van der Waals surface area contributed by atoms with Gasteiger partial charge in [-0.3, -0.25) is 4.79 Å². The van der Waals surface area contributed by atoms with Gasteiger partial charge in [-0.05, 0) is 18.6 Å². The number of hydrogen-bond acceptors (Lipinski definition) is 4. The summed E-state index contributed by atoms with van der Waals surface area (Å²) in [5, 5.41) is 0. The van der Waals surface area contributed by atoms with Gasteiger partial charge in [-0.1, -0.05) is 6.92 Å². The Hall–Kier alpha value is -1.58. The predicted molar refractivity (Wildman–Crippen MR) is 44.0 cm³/mol. The fourth-order valence-electron chi connectivity index (χ4n) is 0.804. The Morgan fingerprint density at radius 1 is 1.54 bits per heavy atom. The van der Waals surface area contributed by atoms with Crippen LogP contribution in [0.25, 0.3) is 0 Å². The van der Waals surface area contributed by atoms with Crippen molar-refractivity contribution in [3.05, 3.63) is 24.2 Å². The van der Waals surface area contributed by atoms with Crippen molar-refractivity contribution >= 4 is 11.9 Å². The Kier molecular flexibility index (Phi) is 3.25. The van der Waals surface area contributed by atoms with Gasteiger partial charge in [0.25, 0.3) is 0 Å². The summed E-state index contributed by atoms with van der Waals surface area (Å²) in [6.45, 7) is 1.83. The highest BCUT2D eigenvalue weighted by molar-refractivity contribution is 5.94. The molecule has 0 saturated carbocycles. The summed E-state index contributed by atoms with van der Waals surface area (Å²) in [4.78, 5) is 21.9. The molecular weight excluding hydrogens is 172 g/mol. The van der Waals surface area contributed by atoms with Crippen LogP contribution in [-0.4, -0.2) is 11.9 Å². The summed E-state index contributed by atoms with van der Waals surface area (Å²) in [6, 6.07) is 3.00. The summed E-state index contributed by atoms with van der Waals surface area (Å²) < 4.78 is 9.21. The van der Waals surface area contributed by atoms with Crippen LogP contribution in [0.3, 0.4) is 0 Å². The molecule has 0 aliphatic rings. The van der Waals surface area contributed by atoms with Crippen molar-refractivity contribution in [1.82, 2.24) is 0 Å². The number of furan rings is 1. The standard InChI is InChI=1S/C9H10O4/c1-2-4-8(10)13-9(11)7-5-3-6-12-7/h3,5-6H,2,4H2,1H3. The van der Waals surface area contributed by atoms with E-state index in [2.05, 4.69) is 4.74 Å². The molecule has 0 atom stereocenters. The fraction of sp³-hybridized carbons (Fsp3) is 0.333. The van der Waals surface area contributed by atoms with Crippen LogP contribution in [0, 0.1) is 0 Å². The lowest BCUT2D eigenvalue weighted by molar-refractivity contribution is -0.138. The summed E-state index contributed by atoms with van der Waals surface area (Å²) in [7, 11) is 0. The molecular formula is C9H10O4. The minimum absolute atomic E-state index is 0.0458. The molecule has 4 nitrogen and oxygen atoms in total. The zero-order valence-electron chi connectivity index (χ0n) is 7.28. The van der Waals surface area contributed by atoms with Gasteiger partial charge in [0.15, 0.2) is 0 Å². The van der Waals surface area contributed by atoms with Crippen molar-refractivity contribution in [3.63, 3.8) is 0 Å². The molecule has 0 aromatic carbocycles. The van der Waals surface area contributed by atoms with Crippen molar-refractivity contribution in [2.45, 2.75) is 19.8 Å². The zero-order chi connectivity index (χ0) is 9.68. The summed E-state index contributed by atoms with van der Waals surface area (Å²) in [5.41, 5.74) is 0. The molecule has 1 aromatic heterocycles. The maximum Gasteiger partial charge on any atom is 0.381 e. The lowest BCUT2D eigenvalue weighted by Gasteiger charge is -1.97. The van der Waals surface area contributed by atoms with E-state index in [0.717, 1.165) is 0 Å². The molecule has 0 spiro atoms. The van der Waals surface area contributed by atoms with E-state index < -0.39 is 11.9 Å². The maximum atomic E-state index is 11.1. The topological polar surface area (TPSA) is 56.5 Å². The average Bonchev–Trinajstić information content (AvgIpc) is 2.55. The largest absolute Gasteiger partial charge is 0.457 e. The van der Waals surface area contributed by atoms with Gasteiger partial charge < -0.3 is 9.15 Å². The van der Waals surface area contributed by atoms with Crippen molar-refractivity contribution in [2.75, 3.05) is 0 Å². The highest BCUT2D eigenvalue weighted by Gasteiger charge is 2.13. The first-order chi connectivity index (χ1) is 6.24. The third-order valence-electron chi connectivity index (χ3n) is 1.38. The minimum Gasteiger partial charge on any atom is -0.457 e. The zero-order valence-corrected chi connectivity index (χ0v) is 7.28. The van der Waals surface area contributed by atoms with E-state index >= 15 is 0 Å². The first-order valence-corrected chi connectivity index (χ1v) is 4.02. The van der Waals surface area contributed by atoms with Crippen LogP contribution in [0.15, 0.2) is 22.8 Å². The monoisotopic (exact) mass is 182 g/mol. The number of carbonyl (C=O) groups is 2. The molecule has 0 aliphatic heterocycles. The molecule has 70 valence electrons. The minimum atomic E-state index is -0.733. The molecule has 0 N–H and O–H groups in total. The Bertz CT molecular complexity index is 287. The number of esters is 2. The van der Waals surface area contributed by atoms with E-state index in [4.69, 9.17) is 4.42 Å². The number of carbonyl (C=O) groups excluding carboxylic acids is 2. The maximum absolute atomic E-state index is 11.1. The molecule has 1 aromatic rings. The van der Waals surface area contributed by atoms with Gasteiger partial charge >= 0.3 is 11.9 Å². The van der Waals surface area contributed by atoms with Gasteiger partial charge in [-0.25, -0.2) is 4.79 Å². The fourth-order valence-corrected chi connectivity index (χ4v) is 0.804. The van der Waals surface area contributed by atoms with E-state index in [0.29, 0.717) is 6.42 Å². The molecule has 1 heterocycles. The number of rotatable bonds is 3. The van der Waals surface area contributed by atoms with Crippen molar-refractivity contribution < 1.29 is 18.7 Å². The van der Waals surface area contributed by atoms with E-state index in [1.807, 2.05) is 6.92 Å². The highest BCUT2D eigenvalue weighted by Crippen LogP contribution is 2.03. The quantitative estimate of drug-likeness (QED) is 0.528. The van der Waals surface area contributed by atoms with Crippen LogP contribution in [0.4, 0.5) is 0 Å². The van der Waals surface area contributed by atoms with Gasteiger partial charge in [0.05, 0.1) is 6.26 Å². The van der Waals surface area contributed by atoms with Crippen LogP contribution in [-0.2, 0) is 9.53 Å². The molecule has 1 rings (SSSR count). The Morgan fingerprint density at radius 2 is 2.31 bits per heavy atom. The Labute approximate surface area is 75.5 Å². The summed E-state index contributed by atoms with van der Waals surface area (Å²) in [6.07, 6.45) is 2.25. The molecule has 0 bridgehead atoms. The summed E-state index contributed by atoms with van der Waals surface area (Å²) >= 11 is 0. The normalized spacial score (nSPS) is 9.62. The van der Waals surface area contributed by atoms with E-state index in [1.54, 1.807) is 6.07 Å². The van der Waals surface area contributed by atoms with Crippen LogP contribution < -0.4 is 0 Å². The van der Waals surface area contributed by atoms with Gasteiger partial charge in [-0.15, -0.1) is 0 Å². The van der Waals surface area contributed by atoms with Crippen molar-refractivity contribution in [2.24, 2.45) is 0 Å². The van der Waals surface area contributed by atoms with Crippen molar-refractivity contribution in [1.29, 1.82) is 0 Å². The smallest absolute Gasteiger partial charge is 0.381 e. The molecule has 13 heavy (non-hydrogen) atoms. The first kappa shape index (κ1) is 9.51. The van der Waals surface area contributed by atoms with Crippen LogP contribution in [0.5, 0.6) is 0 Å². The third-order valence-corrected chi connectivity index (χ3v) is 1.38. The van der Waals surface area contributed by atoms with Crippen molar-refractivity contribution in [3.8, 4) is 0 Å². The molecule has 0 saturated heterocycles. The van der Waals surface area contributed by atoms with Crippen LogP contribution >= 0.6 is 0 Å². The SMILES string of the molecule is CCCC(=O)OC(=O)c1ccco1.